The van der Waals surface area contributed by atoms with E-state index in [0.29, 0.717) is 5.56 Å². The lowest BCUT2D eigenvalue weighted by molar-refractivity contribution is 0.0722. The maximum absolute atomic E-state index is 12.8. The van der Waals surface area contributed by atoms with Gasteiger partial charge in [0.1, 0.15) is 5.82 Å². The molecule has 28 heavy (non-hydrogen) atoms. The van der Waals surface area contributed by atoms with Crippen molar-refractivity contribution in [2.75, 3.05) is 31.1 Å². The Morgan fingerprint density at radius 3 is 2.54 bits per heavy atom. The summed E-state index contributed by atoms with van der Waals surface area (Å²) < 4.78 is 0. The molecule has 2 aromatic rings. The van der Waals surface area contributed by atoms with Crippen molar-refractivity contribution in [2.24, 2.45) is 0 Å². The number of halogens is 1. The number of aromatic nitrogens is 2. The first-order chi connectivity index (χ1) is 13.6. The van der Waals surface area contributed by atoms with Gasteiger partial charge in [-0.15, -0.1) is 0 Å². The summed E-state index contributed by atoms with van der Waals surface area (Å²) in [5.74, 6) is 1.21. The molecule has 0 saturated carbocycles. The highest BCUT2D eigenvalue weighted by Crippen LogP contribution is 2.29. The molecule has 148 valence electrons. The van der Waals surface area contributed by atoms with Gasteiger partial charge in [0.15, 0.2) is 0 Å². The summed E-state index contributed by atoms with van der Waals surface area (Å²) in [6, 6.07) is 8.00. The fourth-order valence-corrected chi connectivity index (χ4v) is 4.36. The number of carbonyl (C=O) groups excluding carboxylic acids is 1. The number of anilines is 1. The molecule has 0 bridgehead atoms. The van der Waals surface area contributed by atoms with Crippen molar-refractivity contribution in [3.63, 3.8) is 0 Å². The Morgan fingerprint density at radius 2 is 1.82 bits per heavy atom. The zero-order valence-corrected chi connectivity index (χ0v) is 17.2. The Morgan fingerprint density at radius 1 is 1.07 bits per heavy atom. The Hall–Kier alpha value is -2.14. The second-order valence-electron chi connectivity index (χ2n) is 7.84. The first kappa shape index (κ1) is 19.2. The maximum Gasteiger partial charge on any atom is 0.257 e. The van der Waals surface area contributed by atoms with Crippen LogP contribution in [0.5, 0.6) is 0 Å². The molecular weight excluding hydrogens is 372 g/mol. The summed E-state index contributed by atoms with van der Waals surface area (Å²) in [6.45, 7) is 5.54. The number of aryl methyl sites for hydroxylation is 1. The van der Waals surface area contributed by atoms with Crippen LogP contribution in [0.4, 0.5) is 5.69 Å². The van der Waals surface area contributed by atoms with E-state index in [-0.39, 0.29) is 11.8 Å². The minimum absolute atomic E-state index is 0.0789. The summed E-state index contributed by atoms with van der Waals surface area (Å²) in [4.78, 5) is 26.5. The number of nitrogens with zero attached hydrogens (tertiary/aromatic N) is 4. The highest BCUT2D eigenvalue weighted by molar-refractivity contribution is 6.30. The van der Waals surface area contributed by atoms with Gasteiger partial charge in [0.2, 0.25) is 0 Å². The van der Waals surface area contributed by atoms with Crippen molar-refractivity contribution in [1.82, 2.24) is 14.9 Å². The minimum atomic E-state index is 0.0789. The van der Waals surface area contributed by atoms with E-state index >= 15 is 0 Å². The average molecular weight is 399 g/mol. The van der Waals surface area contributed by atoms with Crippen LogP contribution in [0.1, 0.15) is 59.9 Å². The number of likely N-dealkylation sites (tertiary alicyclic amines) is 1. The van der Waals surface area contributed by atoms with Gasteiger partial charge in [-0.25, -0.2) is 9.97 Å². The Bertz CT molecular complexity index is 833. The Balaban J connectivity index is 1.48. The summed E-state index contributed by atoms with van der Waals surface area (Å²) in [5.41, 5.74) is 2.63. The third-order valence-corrected chi connectivity index (χ3v) is 6.10. The lowest BCUT2D eigenvalue weighted by atomic mass is 9.96. The monoisotopic (exact) mass is 398 g/mol. The molecule has 0 unspecified atom stereocenters. The Labute approximate surface area is 171 Å². The highest BCUT2D eigenvalue weighted by Gasteiger charge is 2.26. The molecule has 1 aromatic carbocycles. The number of piperidine rings is 2. The molecule has 1 aromatic heterocycles. The largest absolute Gasteiger partial charge is 0.371 e. The summed E-state index contributed by atoms with van der Waals surface area (Å²) in [7, 11) is 0. The molecule has 0 spiro atoms. The molecule has 3 heterocycles. The molecule has 1 atom stereocenters. The van der Waals surface area contributed by atoms with E-state index in [1.807, 2.05) is 24.0 Å². The predicted octanol–water partition coefficient (Wildman–Crippen LogP) is 4.45. The van der Waals surface area contributed by atoms with Crippen LogP contribution >= 0.6 is 11.6 Å². The van der Waals surface area contributed by atoms with Crippen molar-refractivity contribution in [3.8, 4) is 0 Å². The molecular formula is C22H27ClN4O. The fraction of sp³-hybridized carbons (Fsp3) is 0.500. The number of hydrogen-bond acceptors (Lipinski definition) is 4. The molecule has 0 N–H and O–H groups in total. The van der Waals surface area contributed by atoms with Crippen LogP contribution in [-0.4, -0.2) is 47.0 Å². The van der Waals surface area contributed by atoms with Crippen molar-refractivity contribution in [2.45, 2.75) is 44.9 Å². The van der Waals surface area contributed by atoms with Crippen molar-refractivity contribution in [1.29, 1.82) is 0 Å². The van der Waals surface area contributed by atoms with Gasteiger partial charge in [0, 0.05) is 49.0 Å². The number of benzene rings is 1. The van der Waals surface area contributed by atoms with Gasteiger partial charge in [0.05, 0.1) is 11.3 Å². The van der Waals surface area contributed by atoms with Crippen molar-refractivity contribution >= 4 is 23.2 Å². The van der Waals surface area contributed by atoms with Gasteiger partial charge in [0.25, 0.3) is 5.91 Å². The lowest BCUT2D eigenvalue weighted by Crippen LogP contribution is -2.37. The van der Waals surface area contributed by atoms with Crippen LogP contribution in [0.25, 0.3) is 0 Å². The van der Waals surface area contributed by atoms with Gasteiger partial charge < -0.3 is 9.80 Å². The van der Waals surface area contributed by atoms with E-state index < -0.39 is 0 Å². The fourth-order valence-electron chi connectivity index (χ4n) is 4.23. The second-order valence-corrected chi connectivity index (χ2v) is 8.28. The van der Waals surface area contributed by atoms with Gasteiger partial charge in [-0.1, -0.05) is 11.6 Å². The quantitative estimate of drug-likeness (QED) is 0.766. The average Bonchev–Trinajstić information content (AvgIpc) is 2.74. The molecule has 2 aliphatic heterocycles. The molecule has 4 rings (SSSR count). The summed E-state index contributed by atoms with van der Waals surface area (Å²) in [5, 5.41) is 0.755. The van der Waals surface area contributed by atoms with E-state index in [4.69, 9.17) is 16.6 Å². The van der Waals surface area contributed by atoms with Crippen LogP contribution in [0, 0.1) is 6.92 Å². The zero-order chi connectivity index (χ0) is 19.5. The molecule has 2 saturated heterocycles. The van der Waals surface area contributed by atoms with Crippen molar-refractivity contribution < 1.29 is 4.79 Å². The molecule has 5 nitrogen and oxygen atoms in total. The Kier molecular flexibility index (Phi) is 5.81. The van der Waals surface area contributed by atoms with E-state index in [1.165, 1.54) is 12.1 Å². The number of amides is 1. The third kappa shape index (κ3) is 4.14. The number of hydrogen-bond donors (Lipinski definition) is 0. The highest BCUT2D eigenvalue weighted by atomic mass is 35.5. The van der Waals surface area contributed by atoms with E-state index in [9.17, 15) is 4.79 Å². The van der Waals surface area contributed by atoms with Gasteiger partial charge in [-0.3, -0.25) is 4.79 Å². The standard InChI is InChI=1S/C22H27ClN4O/c1-16-20(22(28)26-11-3-2-4-12-26)14-24-21(25-16)17-6-5-13-27(15-17)19-9-7-18(23)8-10-19/h7-10,14,17H,2-6,11-13,15H2,1H3/t17-/m0/s1. The zero-order valence-electron chi connectivity index (χ0n) is 16.4. The van der Waals surface area contributed by atoms with Gasteiger partial charge >= 0.3 is 0 Å². The van der Waals surface area contributed by atoms with Gasteiger partial charge in [-0.05, 0) is 63.3 Å². The van der Waals surface area contributed by atoms with E-state index in [2.05, 4.69) is 22.0 Å². The second kappa shape index (κ2) is 8.48. The van der Waals surface area contributed by atoms with Crippen LogP contribution in [-0.2, 0) is 0 Å². The molecule has 0 aliphatic carbocycles. The smallest absolute Gasteiger partial charge is 0.257 e. The number of carbonyl (C=O) groups is 1. The van der Waals surface area contributed by atoms with Crippen LogP contribution < -0.4 is 4.90 Å². The first-order valence-corrected chi connectivity index (χ1v) is 10.6. The normalized spacial score (nSPS) is 20.3. The molecule has 2 aliphatic rings. The summed E-state index contributed by atoms with van der Waals surface area (Å²) in [6.07, 6.45) is 7.31. The van der Waals surface area contributed by atoms with Crippen LogP contribution in [0.2, 0.25) is 5.02 Å². The van der Waals surface area contributed by atoms with Crippen LogP contribution in [0.15, 0.2) is 30.5 Å². The third-order valence-electron chi connectivity index (χ3n) is 5.85. The lowest BCUT2D eigenvalue weighted by Gasteiger charge is -2.34. The SMILES string of the molecule is Cc1nc([C@H]2CCCN(c3ccc(Cl)cc3)C2)ncc1C(=O)N1CCCCC1. The first-order valence-electron chi connectivity index (χ1n) is 10.2. The molecule has 6 heteroatoms. The van der Waals surface area contributed by atoms with Crippen LogP contribution in [0.3, 0.4) is 0 Å². The van der Waals surface area contributed by atoms with Crippen molar-refractivity contribution in [3.05, 3.63) is 52.6 Å². The topological polar surface area (TPSA) is 49.3 Å². The molecule has 0 radical (unpaired) electrons. The minimum Gasteiger partial charge on any atom is -0.371 e. The predicted molar refractivity (Wildman–Crippen MR) is 112 cm³/mol. The molecule has 1 amide bonds. The summed E-state index contributed by atoms with van der Waals surface area (Å²) >= 11 is 6.02. The maximum atomic E-state index is 12.8. The van der Waals surface area contributed by atoms with Gasteiger partial charge in [-0.2, -0.15) is 0 Å². The molecule has 2 fully saturated rings. The van der Waals surface area contributed by atoms with E-state index in [1.54, 1.807) is 6.20 Å². The number of rotatable bonds is 3. The van der Waals surface area contributed by atoms with E-state index in [0.717, 1.165) is 68.4 Å².